The van der Waals surface area contributed by atoms with Crippen molar-refractivity contribution in [3.8, 4) is 5.75 Å². The zero-order chi connectivity index (χ0) is 27.6. The van der Waals surface area contributed by atoms with Crippen LogP contribution < -0.4 is 9.64 Å². The van der Waals surface area contributed by atoms with E-state index < -0.39 is 5.92 Å². The van der Waals surface area contributed by atoms with Gasteiger partial charge in [-0.3, -0.25) is 9.59 Å². The van der Waals surface area contributed by atoms with Gasteiger partial charge in [-0.1, -0.05) is 73.3 Å². The number of para-hydroxylation sites is 1. The highest BCUT2D eigenvalue weighted by atomic mass is 35.5. The molecule has 6 rings (SSSR count). The van der Waals surface area contributed by atoms with Crippen molar-refractivity contribution in [3.05, 3.63) is 94.5 Å². The predicted molar refractivity (Wildman–Crippen MR) is 158 cm³/mol. The third kappa shape index (κ3) is 4.94. The highest BCUT2D eigenvalue weighted by Crippen LogP contribution is 2.47. The average molecular weight is 558 g/mol. The number of nitrogens with zero attached hydrogens (tertiary/aromatic N) is 3. The zero-order valence-corrected chi connectivity index (χ0v) is 23.7. The molecule has 3 aliphatic rings. The first kappa shape index (κ1) is 26.7. The van der Waals surface area contributed by atoms with Gasteiger partial charge in [0.2, 0.25) is 5.91 Å². The van der Waals surface area contributed by atoms with Gasteiger partial charge in [-0.15, -0.1) is 0 Å². The third-order valence-corrected chi connectivity index (χ3v) is 9.17. The molecule has 208 valence electrons. The second-order valence-electron chi connectivity index (χ2n) is 11.1. The molecule has 0 bridgehead atoms. The number of rotatable bonds is 5. The van der Waals surface area contributed by atoms with Crippen molar-refractivity contribution in [1.82, 2.24) is 9.80 Å². The number of amides is 2. The molecule has 7 heteroatoms. The average Bonchev–Trinajstić information content (AvgIpc) is 3.01. The summed E-state index contributed by atoms with van der Waals surface area (Å²) in [7, 11) is 1.65. The number of carbonyl (C=O) groups excluding carboxylic acids is 2. The summed E-state index contributed by atoms with van der Waals surface area (Å²) in [5, 5.41) is 0.727. The lowest BCUT2D eigenvalue weighted by Gasteiger charge is -2.48. The molecule has 0 spiro atoms. The van der Waals surface area contributed by atoms with Crippen LogP contribution in [0.1, 0.15) is 65.5 Å². The van der Waals surface area contributed by atoms with Crippen LogP contribution in [0.5, 0.6) is 5.75 Å². The van der Waals surface area contributed by atoms with Crippen LogP contribution in [-0.4, -0.2) is 60.9 Å². The fraction of sp³-hybridized carbons (Fsp3) is 0.394. The highest BCUT2D eigenvalue weighted by molar-refractivity contribution is 6.33. The van der Waals surface area contributed by atoms with Crippen LogP contribution in [-0.2, 0) is 4.79 Å². The van der Waals surface area contributed by atoms with Gasteiger partial charge < -0.3 is 19.4 Å². The van der Waals surface area contributed by atoms with Crippen molar-refractivity contribution in [2.45, 2.75) is 50.1 Å². The first-order valence-corrected chi connectivity index (χ1v) is 14.8. The van der Waals surface area contributed by atoms with E-state index in [0.717, 1.165) is 53.3 Å². The predicted octanol–water partition coefficient (Wildman–Crippen LogP) is 6.31. The molecule has 40 heavy (non-hydrogen) atoms. The summed E-state index contributed by atoms with van der Waals surface area (Å²) in [5.41, 5.74) is 3.47. The number of fused-ring (bicyclic) bond motifs is 1. The molecule has 6 nitrogen and oxygen atoms in total. The van der Waals surface area contributed by atoms with Crippen LogP contribution in [0.4, 0.5) is 5.69 Å². The van der Waals surface area contributed by atoms with Crippen LogP contribution in [0.25, 0.3) is 0 Å². The summed E-state index contributed by atoms with van der Waals surface area (Å²) in [6.45, 7) is 2.63. The normalized spacial score (nSPS) is 21.8. The second-order valence-corrected chi connectivity index (χ2v) is 11.5. The number of benzene rings is 3. The van der Waals surface area contributed by atoms with Crippen molar-refractivity contribution < 1.29 is 14.3 Å². The Hall–Kier alpha value is -3.51. The van der Waals surface area contributed by atoms with Gasteiger partial charge >= 0.3 is 0 Å². The molecule has 1 saturated carbocycles. The Morgan fingerprint density at radius 2 is 1.52 bits per heavy atom. The summed E-state index contributed by atoms with van der Waals surface area (Å²) in [6, 6.07) is 23.3. The summed E-state index contributed by atoms with van der Waals surface area (Å²) >= 11 is 6.48. The fourth-order valence-corrected chi connectivity index (χ4v) is 7.06. The maximum atomic E-state index is 14.6. The third-order valence-electron chi connectivity index (χ3n) is 8.85. The van der Waals surface area contributed by atoms with Gasteiger partial charge in [0.25, 0.3) is 5.91 Å². The SMILES string of the molecule is COc1ccc([C@H]2[C@@H](C(=O)N3CCN(c4ccccc4Cl)CC3)c3ccccc3C(=O)N2C2CCCCC2)cc1. The Balaban J connectivity index is 1.37. The van der Waals surface area contributed by atoms with E-state index in [9.17, 15) is 9.59 Å². The second kappa shape index (κ2) is 11.5. The first-order valence-electron chi connectivity index (χ1n) is 14.4. The zero-order valence-electron chi connectivity index (χ0n) is 23.0. The number of carbonyl (C=O) groups is 2. The van der Waals surface area contributed by atoms with E-state index in [-0.39, 0.29) is 23.9 Å². The molecule has 0 radical (unpaired) electrons. The van der Waals surface area contributed by atoms with E-state index in [0.29, 0.717) is 31.7 Å². The molecular formula is C33H36ClN3O3. The quantitative estimate of drug-likeness (QED) is 0.369. The van der Waals surface area contributed by atoms with Crippen molar-refractivity contribution in [2.75, 3.05) is 38.2 Å². The molecule has 2 atom stereocenters. The first-order chi connectivity index (χ1) is 19.6. The minimum absolute atomic E-state index is 0.0379. The topological polar surface area (TPSA) is 53.1 Å². The Kier molecular flexibility index (Phi) is 7.70. The highest BCUT2D eigenvalue weighted by Gasteiger charge is 2.48. The Morgan fingerprint density at radius 1 is 0.850 bits per heavy atom. The molecule has 2 aliphatic heterocycles. The molecule has 2 fully saturated rings. The van der Waals surface area contributed by atoms with Gasteiger partial charge in [-0.2, -0.15) is 0 Å². The molecule has 2 heterocycles. The van der Waals surface area contributed by atoms with E-state index in [1.165, 1.54) is 6.42 Å². The molecule has 0 aromatic heterocycles. The van der Waals surface area contributed by atoms with E-state index in [1.54, 1.807) is 7.11 Å². The van der Waals surface area contributed by atoms with Crippen LogP contribution in [0, 0.1) is 0 Å². The molecule has 1 aliphatic carbocycles. The van der Waals surface area contributed by atoms with Gasteiger partial charge in [-0.25, -0.2) is 0 Å². The molecule has 2 amide bonds. The van der Waals surface area contributed by atoms with Gasteiger partial charge in [-0.05, 0) is 54.3 Å². The lowest BCUT2D eigenvalue weighted by Crippen LogP contribution is -2.55. The fourth-order valence-electron chi connectivity index (χ4n) is 6.81. The van der Waals surface area contributed by atoms with Crippen LogP contribution >= 0.6 is 11.6 Å². The van der Waals surface area contributed by atoms with Gasteiger partial charge in [0.15, 0.2) is 0 Å². The number of hydrogen-bond acceptors (Lipinski definition) is 4. The van der Waals surface area contributed by atoms with Gasteiger partial charge in [0.1, 0.15) is 5.75 Å². The molecule has 3 aromatic rings. The molecular weight excluding hydrogens is 522 g/mol. The number of methoxy groups -OCH3 is 1. The van der Waals surface area contributed by atoms with Crippen LogP contribution in [0.2, 0.25) is 5.02 Å². The summed E-state index contributed by atoms with van der Waals surface area (Å²) in [4.78, 5) is 35.0. The number of halogens is 1. The maximum Gasteiger partial charge on any atom is 0.254 e. The van der Waals surface area contributed by atoms with Gasteiger partial charge in [0.05, 0.1) is 29.8 Å². The van der Waals surface area contributed by atoms with Gasteiger partial charge in [0, 0.05) is 37.8 Å². The largest absolute Gasteiger partial charge is 0.497 e. The minimum atomic E-state index is -0.476. The van der Waals surface area contributed by atoms with E-state index in [4.69, 9.17) is 16.3 Å². The molecule has 0 unspecified atom stereocenters. The number of anilines is 1. The Labute approximate surface area is 241 Å². The van der Waals surface area contributed by atoms with Crippen molar-refractivity contribution in [3.63, 3.8) is 0 Å². The van der Waals surface area contributed by atoms with Crippen molar-refractivity contribution in [1.29, 1.82) is 0 Å². The number of hydrogen-bond donors (Lipinski definition) is 0. The number of ether oxygens (including phenoxy) is 1. The van der Waals surface area contributed by atoms with E-state index in [1.807, 2.05) is 77.7 Å². The molecule has 0 N–H and O–H groups in total. The molecule has 1 saturated heterocycles. The lowest BCUT2D eigenvalue weighted by atomic mass is 9.77. The minimum Gasteiger partial charge on any atom is -0.497 e. The standard InChI is InChI=1S/C33H36ClN3O3/c1-40-25-17-15-23(16-18-25)31-30(33(39)36-21-19-35(20-22-36)29-14-8-7-13-28(29)34)26-11-5-6-12-27(26)32(38)37(31)24-9-3-2-4-10-24/h5-8,11-18,24,30-31H,2-4,9-10,19-22H2,1H3/t30-,31-/m0/s1. The summed E-state index contributed by atoms with van der Waals surface area (Å²) in [5.74, 6) is 0.404. The number of piperazine rings is 1. The smallest absolute Gasteiger partial charge is 0.254 e. The molecule has 3 aromatic carbocycles. The lowest BCUT2D eigenvalue weighted by molar-refractivity contribution is -0.135. The van der Waals surface area contributed by atoms with Crippen LogP contribution in [0.15, 0.2) is 72.8 Å². The summed E-state index contributed by atoms with van der Waals surface area (Å²) in [6.07, 6.45) is 5.35. The van der Waals surface area contributed by atoms with E-state index >= 15 is 0 Å². The van der Waals surface area contributed by atoms with Crippen molar-refractivity contribution >= 4 is 29.1 Å². The van der Waals surface area contributed by atoms with Crippen LogP contribution in [0.3, 0.4) is 0 Å². The Bertz CT molecular complexity index is 1360. The monoisotopic (exact) mass is 557 g/mol. The van der Waals surface area contributed by atoms with E-state index in [2.05, 4.69) is 9.80 Å². The summed E-state index contributed by atoms with van der Waals surface area (Å²) < 4.78 is 5.43. The maximum absolute atomic E-state index is 14.6. The Morgan fingerprint density at radius 3 is 2.23 bits per heavy atom. The van der Waals surface area contributed by atoms with Crippen molar-refractivity contribution in [2.24, 2.45) is 0 Å².